The molecule has 1 nitrogen and oxygen atoms in total. The van der Waals surface area contributed by atoms with Crippen LogP contribution in [0.5, 0.6) is 0 Å². The molecule has 0 aliphatic heterocycles. The second kappa shape index (κ2) is 2.53. The molecule has 0 aromatic rings. The summed E-state index contributed by atoms with van der Waals surface area (Å²) in [7, 11) is 0. The van der Waals surface area contributed by atoms with Crippen molar-refractivity contribution in [3.05, 3.63) is 24.0 Å². The van der Waals surface area contributed by atoms with E-state index in [4.69, 9.17) is 5.11 Å². The molecule has 0 saturated carbocycles. The molecular formula is C6H7IO. The van der Waals surface area contributed by atoms with Crippen LogP contribution in [0.3, 0.4) is 0 Å². The molecule has 1 aliphatic rings. The molecule has 0 spiro atoms. The minimum absolute atomic E-state index is 0.399. The molecule has 1 aliphatic carbocycles. The second-order valence-electron chi connectivity index (χ2n) is 1.75. The van der Waals surface area contributed by atoms with Crippen LogP contribution in [0.1, 0.15) is 6.42 Å². The zero-order chi connectivity index (χ0) is 5.98. The molecule has 0 radical (unpaired) electrons. The summed E-state index contributed by atoms with van der Waals surface area (Å²) in [6.45, 7) is 0. The number of allylic oxidation sites excluding steroid dienone is 3. The van der Waals surface area contributed by atoms with E-state index in [1.165, 1.54) is 0 Å². The Labute approximate surface area is 62.2 Å². The topological polar surface area (TPSA) is 20.2 Å². The maximum Gasteiger partial charge on any atom is 0.112 e. The van der Waals surface area contributed by atoms with Crippen LogP contribution in [-0.4, -0.2) is 9.03 Å². The number of aliphatic hydroxyl groups excluding tert-OH is 1. The summed E-state index contributed by atoms with van der Waals surface area (Å²) < 4.78 is 0.484. The Bertz CT molecular complexity index is 137. The molecule has 1 N–H and O–H groups in total. The van der Waals surface area contributed by atoms with E-state index in [0.29, 0.717) is 9.68 Å². The molecule has 2 heteroatoms. The lowest BCUT2D eigenvalue weighted by molar-refractivity contribution is 0.428. The Morgan fingerprint density at radius 3 is 2.88 bits per heavy atom. The van der Waals surface area contributed by atoms with Gasteiger partial charge in [-0.2, -0.15) is 0 Å². The zero-order valence-electron chi connectivity index (χ0n) is 4.34. The van der Waals surface area contributed by atoms with Crippen LogP contribution in [0.2, 0.25) is 0 Å². The van der Waals surface area contributed by atoms with Crippen molar-refractivity contribution in [3.63, 3.8) is 0 Å². The van der Waals surface area contributed by atoms with Gasteiger partial charge in [0.25, 0.3) is 0 Å². The van der Waals surface area contributed by atoms with Crippen LogP contribution >= 0.6 is 22.6 Å². The summed E-state index contributed by atoms with van der Waals surface area (Å²) in [4.78, 5) is 0. The molecule has 0 aromatic carbocycles. The molecule has 1 rings (SSSR count). The SMILES string of the molecule is OC1=CC(I)CC=C1. The van der Waals surface area contributed by atoms with Crippen molar-refractivity contribution >= 4 is 22.6 Å². The average Bonchev–Trinajstić information content (AvgIpc) is 1.64. The molecule has 0 aromatic heterocycles. The number of aliphatic hydroxyl groups is 1. The molecule has 44 valence electrons. The average molecular weight is 222 g/mol. The summed E-state index contributed by atoms with van der Waals surface area (Å²) in [5.41, 5.74) is 0. The quantitative estimate of drug-likeness (QED) is 0.492. The molecular weight excluding hydrogens is 215 g/mol. The van der Waals surface area contributed by atoms with Crippen molar-refractivity contribution in [1.29, 1.82) is 0 Å². The maximum absolute atomic E-state index is 8.85. The lowest BCUT2D eigenvalue weighted by Crippen LogP contribution is -1.95. The van der Waals surface area contributed by atoms with Gasteiger partial charge in [0.2, 0.25) is 0 Å². The lowest BCUT2D eigenvalue weighted by atomic mass is 10.2. The van der Waals surface area contributed by atoms with Gasteiger partial charge in [-0.15, -0.1) is 0 Å². The first kappa shape index (κ1) is 6.13. The second-order valence-corrected chi connectivity index (χ2v) is 3.35. The molecule has 0 amide bonds. The molecule has 1 unspecified atom stereocenters. The summed E-state index contributed by atoms with van der Waals surface area (Å²) >= 11 is 2.28. The minimum Gasteiger partial charge on any atom is -0.508 e. The molecule has 8 heavy (non-hydrogen) atoms. The van der Waals surface area contributed by atoms with Crippen LogP contribution in [-0.2, 0) is 0 Å². The van der Waals surface area contributed by atoms with Gasteiger partial charge < -0.3 is 5.11 Å². The highest BCUT2D eigenvalue weighted by atomic mass is 127. The van der Waals surface area contributed by atoms with Gasteiger partial charge in [-0.1, -0.05) is 28.7 Å². The standard InChI is InChI=1S/C6H7IO/c7-5-2-1-3-6(8)4-5/h1,3-5,8H,2H2. The summed E-state index contributed by atoms with van der Waals surface area (Å²) in [6, 6.07) is 0. The molecule has 0 fully saturated rings. The van der Waals surface area contributed by atoms with Crippen LogP contribution in [0, 0.1) is 0 Å². The fourth-order valence-corrected chi connectivity index (χ4v) is 1.29. The summed E-state index contributed by atoms with van der Waals surface area (Å²) in [5, 5.41) is 8.85. The smallest absolute Gasteiger partial charge is 0.112 e. The number of halogens is 1. The molecule has 0 heterocycles. The minimum atomic E-state index is 0.399. The van der Waals surface area contributed by atoms with E-state index in [-0.39, 0.29) is 0 Å². The van der Waals surface area contributed by atoms with Crippen LogP contribution < -0.4 is 0 Å². The highest BCUT2D eigenvalue weighted by Crippen LogP contribution is 2.15. The van der Waals surface area contributed by atoms with Crippen molar-refractivity contribution in [2.75, 3.05) is 0 Å². The first-order valence-electron chi connectivity index (χ1n) is 2.50. The third-order valence-corrected chi connectivity index (χ3v) is 1.87. The van der Waals surface area contributed by atoms with E-state index in [0.717, 1.165) is 6.42 Å². The number of hydrogen-bond acceptors (Lipinski definition) is 1. The largest absolute Gasteiger partial charge is 0.508 e. The highest BCUT2D eigenvalue weighted by Gasteiger charge is 2.01. The number of alkyl halides is 1. The fourth-order valence-electron chi connectivity index (χ4n) is 0.628. The van der Waals surface area contributed by atoms with E-state index in [1.807, 2.05) is 12.2 Å². The Morgan fingerprint density at radius 2 is 2.50 bits per heavy atom. The Morgan fingerprint density at radius 1 is 1.75 bits per heavy atom. The first-order chi connectivity index (χ1) is 3.79. The van der Waals surface area contributed by atoms with Gasteiger partial charge in [0.05, 0.1) is 0 Å². The van der Waals surface area contributed by atoms with E-state index in [2.05, 4.69) is 22.6 Å². The van der Waals surface area contributed by atoms with E-state index in [9.17, 15) is 0 Å². The zero-order valence-corrected chi connectivity index (χ0v) is 6.50. The van der Waals surface area contributed by atoms with Crippen molar-refractivity contribution in [2.24, 2.45) is 0 Å². The summed E-state index contributed by atoms with van der Waals surface area (Å²) in [5.74, 6) is 0.399. The Balaban J connectivity index is 2.63. The van der Waals surface area contributed by atoms with Crippen molar-refractivity contribution < 1.29 is 5.11 Å². The van der Waals surface area contributed by atoms with E-state index in [1.54, 1.807) is 6.08 Å². The van der Waals surface area contributed by atoms with Gasteiger partial charge in [0, 0.05) is 3.92 Å². The number of rotatable bonds is 0. The summed E-state index contributed by atoms with van der Waals surface area (Å²) in [6.07, 6.45) is 6.60. The fraction of sp³-hybridized carbons (Fsp3) is 0.333. The van der Waals surface area contributed by atoms with Gasteiger partial charge in [-0.05, 0) is 18.6 Å². The van der Waals surface area contributed by atoms with Crippen LogP contribution in [0.15, 0.2) is 24.0 Å². The van der Waals surface area contributed by atoms with Gasteiger partial charge in [-0.3, -0.25) is 0 Å². The number of hydrogen-bond donors (Lipinski definition) is 1. The first-order valence-corrected chi connectivity index (χ1v) is 3.75. The van der Waals surface area contributed by atoms with E-state index >= 15 is 0 Å². The predicted molar refractivity (Wildman–Crippen MR) is 42.3 cm³/mol. The maximum atomic E-state index is 8.85. The predicted octanol–water partition coefficient (Wildman–Crippen LogP) is 2.19. The van der Waals surface area contributed by atoms with Crippen LogP contribution in [0.25, 0.3) is 0 Å². The van der Waals surface area contributed by atoms with Gasteiger partial charge in [0.15, 0.2) is 0 Å². The Hall–Kier alpha value is 0.01000. The molecule has 1 atom stereocenters. The monoisotopic (exact) mass is 222 g/mol. The van der Waals surface area contributed by atoms with Gasteiger partial charge in [-0.25, -0.2) is 0 Å². The highest BCUT2D eigenvalue weighted by molar-refractivity contribution is 14.1. The normalized spacial score (nSPS) is 27.6. The van der Waals surface area contributed by atoms with Gasteiger partial charge in [0.1, 0.15) is 5.76 Å². The van der Waals surface area contributed by atoms with Crippen molar-refractivity contribution in [2.45, 2.75) is 10.3 Å². The van der Waals surface area contributed by atoms with E-state index < -0.39 is 0 Å². The molecule has 0 saturated heterocycles. The Kier molecular flexibility index (Phi) is 1.94. The van der Waals surface area contributed by atoms with Crippen molar-refractivity contribution in [3.8, 4) is 0 Å². The van der Waals surface area contributed by atoms with Crippen molar-refractivity contribution in [1.82, 2.24) is 0 Å². The molecule has 0 bridgehead atoms. The lowest BCUT2D eigenvalue weighted by Gasteiger charge is -2.04. The third kappa shape index (κ3) is 1.51. The van der Waals surface area contributed by atoms with Gasteiger partial charge >= 0.3 is 0 Å². The third-order valence-electron chi connectivity index (χ3n) is 1.00. The van der Waals surface area contributed by atoms with Crippen LogP contribution in [0.4, 0.5) is 0 Å².